The molecule has 8 heteroatoms. The quantitative estimate of drug-likeness (QED) is 0.900. The lowest BCUT2D eigenvalue weighted by atomic mass is 10.1. The standard InChI is InChI=1S/C17H19N3O4S/c1-11-8-13-9-12(4-6-15(13)20(11)25(3,22)23)17(21)19-14-5-7-16(24-2)18-10-14/h4-7,9-11H,8H2,1-3H3,(H,19,21). The highest BCUT2D eigenvalue weighted by Gasteiger charge is 2.32. The molecule has 1 amide bonds. The van der Waals surface area contributed by atoms with Crippen LogP contribution in [0.25, 0.3) is 0 Å². The number of methoxy groups -OCH3 is 1. The molecule has 1 aromatic heterocycles. The minimum Gasteiger partial charge on any atom is -0.481 e. The fourth-order valence-electron chi connectivity index (χ4n) is 3.03. The molecule has 1 N–H and O–H groups in total. The van der Waals surface area contributed by atoms with Crippen molar-refractivity contribution >= 4 is 27.3 Å². The molecule has 0 radical (unpaired) electrons. The van der Waals surface area contributed by atoms with Crippen molar-refractivity contribution in [2.24, 2.45) is 0 Å². The van der Waals surface area contributed by atoms with Gasteiger partial charge in [0.05, 0.1) is 30.9 Å². The van der Waals surface area contributed by atoms with Gasteiger partial charge in [0.25, 0.3) is 5.91 Å². The van der Waals surface area contributed by atoms with Gasteiger partial charge in [0.1, 0.15) is 0 Å². The lowest BCUT2D eigenvalue weighted by Crippen LogP contribution is -2.34. The van der Waals surface area contributed by atoms with E-state index in [1.807, 2.05) is 6.92 Å². The highest BCUT2D eigenvalue weighted by molar-refractivity contribution is 7.92. The molecule has 0 bridgehead atoms. The molecule has 25 heavy (non-hydrogen) atoms. The Morgan fingerprint density at radius 1 is 1.32 bits per heavy atom. The molecule has 0 saturated heterocycles. The molecule has 1 atom stereocenters. The van der Waals surface area contributed by atoms with E-state index in [2.05, 4.69) is 10.3 Å². The highest BCUT2D eigenvalue weighted by Crippen LogP contribution is 2.34. The maximum absolute atomic E-state index is 12.4. The molecule has 7 nitrogen and oxygen atoms in total. The number of ether oxygens (including phenoxy) is 1. The Morgan fingerprint density at radius 2 is 2.08 bits per heavy atom. The van der Waals surface area contributed by atoms with Crippen molar-refractivity contribution in [3.05, 3.63) is 47.7 Å². The summed E-state index contributed by atoms with van der Waals surface area (Å²) in [5.41, 5.74) is 2.51. The predicted octanol–water partition coefficient (Wildman–Crippen LogP) is 2.05. The van der Waals surface area contributed by atoms with Crippen LogP contribution in [0.3, 0.4) is 0 Å². The van der Waals surface area contributed by atoms with Gasteiger partial charge in [0, 0.05) is 17.7 Å². The van der Waals surface area contributed by atoms with E-state index in [9.17, 15) is 13.2 Å². The van der Waals surface area contributed by atoms with Gasteiger partial charge in [-0.05, 0) is 43.2 Å². The predicted molar refractivity (Wildman–Crippen MR) is 95.7 cm³/mol. The number of nitrogens with one attached hydrogen (secondary N) is 1. The summed E-state index contributed by atoms with van der Waals surface area (Å²) in [6.45, 7) is 1.85. The van der Waals surface area contributed by atoms with E-state index in [1.54, 1.807) is 30.3 Å². The van der Waals surface area contributed by atoms with Crippen molar-refractivity contribution in [3.8, 4) is 5.88 Å². The van der Waals surface area contributed by atoms with Gasteiger partial charge in [-0.1, -0.05) is 0 Å². The van der Waals surface area contributed by atoms with Gasteiger partial charge in [-0.2, -0.15) is 0 Å². The second-order valence-corrected chi connectivity index (χ2v) is 7.86. The number of hydrogen-bond donors (Lipinski definition) is 1. The average Bonchev–Trinajstić information content (AvgIpc) is 2.90. The molecule has 3 rings (SSSR count). The number of carbonyl (C=O) groups excluding carboxylic acids is 1. The first-order valence-corrected chi connectivity index (χ1v) is 9.58. The fourth-order valence-corrected chi connectivity index (χ4v) is 4.29. The molecular weight excluding hydrogens is 342 g/mol. The number of nitrogens with zero attached hydrogens (tertiary/aromatic N) is 2. The zero-order chi connectivity index (χ0) is 18.2. The van der Waals surface area contributed by atoms with Gasteiger partial charge in [-0.15, -0.1) is 0 Å². The molecular formula is C17H19N3O4S. The third-order valence-corrected chi connectivity index (χ3v) is 5.33. The first kappa shape index (κ1) is 17.2. The number of amides is 1. The summed E-state index contributed by atoms with van der Waals surface area (Å²) in [6, 6.07) is 8.24. The lowest BCUT2D eigenvalue weighted by molar-refractivity contribution is 0.102. The Morgan fingerprint density at radius 3 is 2.68 bits per heavy atom. The number of fused-ring (bicyclic) bond motifs is 1. The molecule has 2 aromatic rings. The maximum Gasteiger partial charge on any atom is 0.255 e. The van der Waals surface area contributed by atoms with E-state index in [-0.39, 0.29) is 11.9 Å². The van der Waals surface area contributed by atoms with E-state index in [0.29, 0.717) is 29.2 Å². The fraction of sp³-hybridized carbons (Fsp3) is 0.294. The number of carbonyl (C=O) groups is 1. The Bertz CT molecular complexity index is 910. The first-order chi connectivity index (χ1) is 11.8. The van der Waals surface area contributed by atoms with Crippen LogP contribution < -0.4 is 14.4 Å². The first-order valence-electron chi connectivity index (χ1n) is 7.73. The van der Waals surface area contributed by atoms with E-state index < -0.39 is 10.0 Å². The molecule has 0 fully saturated rings. The Balaban J connectivity index is 1.82. The second kappa shape index (κ2) is 6.36. The van der Waals surface area contributed by atoms with Crippen LogP contribution in [0.5, 0.6) is 5.88 Å². The summed E-state index contributed by atoms with van der Waals surface area (Å²) in [7, 11) is -1.82. The monoisotopic (exact) mass is 361 g/mol. The third-order valence-electron chi connectivity index (χ3n) is 4.06. The van der Waals surface area contributed by atoms with Crippen LogP contribution in [0.15, 0.2) is 36.5 Å². The number of benzene rings is 1. The molecule has 1 aliphatic heterocycles. The topological polar surface area (TPSA) is 88.6 Å². The number of pyridine rings is 1. The van der Waals surface area contributed by atoms with E-state index >= 15 is 0 Å². The van der Waals surface area contributed by atoms with Gasteiger partial charge in [0.2, 0.25) is 15.9 Å². The number of sulfonamides is 1. The van der Waals surface area contributed by atoms with Gasteiger partial charge in [0.15, 0.2) is 0 Å². The van der Waals surface area contributed by atoms with E-state index in [1.165, 1.54) is 23.9 Å². The van der Waals surface area contributed by atoms with Gasteiger partial charge in [-0.25, -0.2) is 13.4 Å². The highest BCUT2D eigenvalue weighted by atomic mass is 32.2. The minimum atomic E-state index is -3.34. The zero-order valence-electron chi connectivity index (χ0n) is 14.2. The Kier molecular flexibility index (Phi) is 4.38. The smallest absolute Gasteiger partial charge is 0.255 e. The number of anilines is 2. The van der Waals surface area contributed by atoms with Crippen molar-refractivity contribution in [2.75, 3.05) is 23.0 Å². The van der Waals surface area contributed by atoms with Crippen molar-refractivity contribution in [2.45, 2.75) is 19.4 Å². The van der Waals surface area contributed by atoms with Crippen LogP contribution in [0.2, 0.25) is 0 Å². The Labute approximate surface area is 146 Å². The number of hydrogen-bond acceptors (Lipinski definition) is 5. The van der Waals surface area contributed by atoms with Gasteiger partial charge >= 0.3 is 0 Å². The van der Waals surface area contributed by atoms with Crippen LogP contribution in [-0.2, 0) is 16.4 Å². The second-order valence-electron chi connectivity index (χ2n) is 6.00. The zero-order valence-corrected chi connectivity index (χ0v) is 15.0. The van der Waals surface area contributed by atoms with Crippen molar-refractivity contribution in [3.63, 3.8) is 0 Å². The van der Waals surface area contributed by atoms with Crippen molar-refractivity contribution < 1.29 is 17.9 Å². The average molecular weight is 361 g/mol. The molecule has 1 aromatic carbocycles. The normalized spacial score (nSPS) is 16.4. The summed E-state index contributed by atoms with van der Waals surface area (Å²) in [5.74, 6) is 0.186. The minimum absolute atomic E-state index is 0.158. The molecule has 1 unspecified atom stereocenters. The molecule has 0 spiro atoms. The van der Waals surface area contributed by atoms with Crippen LogP contribution in [0.4, 0.5) is 11.4 Å². The Hall–Kier alpha value is -2.61. The van der Waals surface area contributed by atoms with Crippen LogP contribution >= 0.6 is 0 Å². The third kappa shape index (κ3) is 3.43. The van der Waals surface area contributed by atoms with E-state index in [4.69, 9.17) is 4.74 Å². The van der Waals surface area contributed by atoms with Crippen molar-refractivity contribution in [1.29, 1.82) is 0 Å². The van der Waals surface area contributed by atoms with E-state index in [0.717, 1.165) is 5.56 Å². The van der Waals surface area contributed by atoms with Crippen LogP contribution in [0.1, 0.15) is 22.8 Å². The summed E-state index contributed by atoms with van der Waals surface area (Å²) in [5, 5.41) is 2.76. The van der Waals surface area contributed by atoms with Crippen LogP contribution in [-0.4, -0.2) is 38.7 Å². The van der Waals surface area contributed by atoms with Gasteiger partial charge in [-0.3, -0.25) is 9.10 Å². The van der Waals surface area contributed by atoms with Crippen molar-refractivity contribution in [1.82, 2.24) is 4.98 Å². The van der Waals surface area contributed by atoms with Crippen LogP contribution in [0, 0.1) is 0 Å². The molecule has 132 valence electrons. The number of aromatic nitrogens is 1. The van der Waals surface area contributed by atoms with Gasteiger partial charge < -0.3 is 10.1 Å². The molecule has 1 aliphatic rings. The molecule has 0 aliphatic carbocycles. The summed E-state index contributed by atoms with van der Waals surface area (Å²) < 4.78 is 30.3. The summed E-state index contributed by atoms with van der Waals surface area (Å²) in [4.78, 5) is 16.5. The lowest BCUT2D eigenvalue weighted by Gasteiger charge is -2.21. The molecule has 2 heterocycles. The number of rotatable bonds is 4. The SMILES string of the molecule is COc1ccc(NC(=O)c2ccc3c(c2)CC(C)N3S(C)(=O)=O)cn1. The summed E-state index contributed by atoms with van der Waals surface area (Å²) >= 11 is 0. The largest absolute Gasteiger partial charge is 0.481 e. The molecule has 0 saturated carbocycles. The summed E-state index contributed by atoms with van der Waals surface area (Å²) in [6.07, 6.45) is 3.28. The maximum atomic E-state index is 12.4.